The van der Waals surface area contributed by atoms with Crippen LogP contribution in [0.15, 0.2) is 48.7 Å². The lowest BCUT2D eigenvalue weighted by Crippen LogP contribution is -2.45. The van der Waals surface area contributed by atoms with Crippen LogP contribution in [-0.2, 0) is 0 Å². The number of hydrogen-bond acceptors (Lipinski definition) is 6. The number of carbonyl (C=O) groups is 1. The SMILES string of the molecule is Cc1cc(-c2cc3c(-c4ccc(C(=O)N(C)CC(C)O)cc4)c[nH]c3nn2)cc(C)c1N1CCN(C)CC1. The van der Waals surface area contributed by atoms with Gasteiger partial charge in [-0.25, -0.2) is 0 Å². The second-order valence-corrected chi connectivity index (χ2v) is 10.6. The van der Waals surface area contributed by atoms with Gasteiger partial charge in [0.25, 0.3) is 5.91 Å². The average molecular weight is 513 g/mol. The zero-order chi connectivity index (χ0) is 27.0. The molecule has 5 rings (SSSR count). The number of benzene rings is 2. The molecule has 0 spiro atoms. The number of amides is 1. The van der Waals surface area contributed by atoms with E-state index in [4.69, 9.17) is 0 Å². The summed E-state index contributed by atoms with van der Waals surface area (Å²) in [6.07, 6.45) is 1.37. The van der Waals surface area contributed by atoms with E-state index >= 15 is 0 Å². The molecule has 1 saturated heterocycles. The van der Waals surface area contributed by atoms with Gasteiger partial charge in [-0.3, -0.25) is 4.79 Å². The highest BCUT2D eigenvalue weighted by atomic mass is 16.3. The van der Waals surface area contributed by atoms with E-state index in [9.17, 15) is 9.90 Å². The van der Waals surface area contributed by atoms with Crippen LogP contribution in [0.2, 0.25) is 0 Å². The zero-order valence-electron chi connectivity index (χ0n) is 22.8. The minimum atomic E-state index is -0.569. The number of aromatic nitrogens is 3. The minimum absolute atomic E-state index is 0.115. The van der Waals surface area contributed by atoms with Gasteiger partial charge in [0.2, 0.25) is 0 Å². The number of anilines is 1. The third-order valence-electron chi connectivity index (χ3n) is 7.37. The van der Waals surface area contributed by atoms with Gasteiger partial charge in [-0.2, -0.15) is 0 Å². The third-order valence-corrected chi connectivity index (χ3v) is 7.37. The predicted molar refractivity (Wildman–Crippen MR) is 153 cm³/mol. The van der Waals surface area contributed by atoms with E-state index in [0.717, 1.165) is 59.6 Å². The van der Waals surface area contributed by atoms with Crippen LogP contribution in [0.4, 0.5) is 5.69 Å². The van der Waals surface area contributed by atoms with Gasteiger partial charge in [-0.05, 0) is 74.8 Å². The van der Waals surface area contributed by atoms with Gasteiger partial charge < -0.3 is 24.8 Å². The maximum Gasteiger partial charge on any atom is 0.253 e. The molecule has 0 aliphatic carbocycles. The summed E-state index contributed by atoms with van der Waals surface area (Å²) in [4.78, 5) is 22.3. The number of H-pyrrole nitrogens is 1. The van der Waals surface area contributed by atoms with Crippen LogP contribution in [-0.4, -0.2) is 88.9 Å². The first kappa shape index (κ1) is 25.9. The highest BCUT2D eigenvalue weighted by Crippen LogP contribution is 2.34. The molecule has 1 amide bonds. The van der Waals surface area contributed by atoms with E-state index in [1.807, 2.05) is 30.5 Å². The first-order valence-corrected chi connectivity index (χ1v) is 13.1. The van der Waals surface area contributed by atoms with Gasteiger partial charge in [0.15, 0.2) is 5.65 Å². The molecule has 8 heteroatoms. The van der Waals surface area contributed by atoms with Crippen LogP contribution >= 0.6 is 0 Å². The van der Waals surface area contributed by atoms with Crippen molar-refractivity contribution in [3.05, 3.63) is 65.4 Å². The molecule has 0 radical (unpaired) electrons. The zero-order valence-corrected chi connectivity index (χ0v) is 22.8. The number of aliphatic hydroxyl groups excluding tert-OH is 1. The Morgan fingerprint density at radius 2 is 1.68 bits per heavy atom. The molecule has 38 heavy (non-hydrogen) atoms. The standard InChI is InChI=1S/C30H36N6O2/c1-19-14-24(15-20(2)28(19)36-12-10-34(4)11-13-36)27-16-25-26(17-31-29(25)33-32-27)22-6-8-23(9-7-22)30(38)35(5)18-21(3)37/h6-9,14-17,21,37H,10-13,18H2,1-5H3,(H,31,33). The molecule has 198 valence electrons. The smallest absolute Gasteiger partial charge is 0.253 e. The fraction of sp³-hybridized carbons (Fsp3) is 0.367. The summed E-state index contributed by atoms with van der Waals surface area (Å²) < 4.78 is 0. The molecule has 2 N–H and O–H groups in total. The van der Waals surface area contributed by atoms with E-state index in [1.165, 1.54) is 21.7 Å². The molecule has 2 aromatic carbocycles. The van der Waals surface area contributed by atoms with Gasteiger partial charge in [-0.15, -0.1) is 10.2 Å². The van der Waals surface area contributed by atoms with Gasteiger partial charge >= 0.3 is 0 Å². The second kappa shape index (κ2) is 10.6. The number of nitrogens with one attached hydrogen (secondary N) is 1. The molecule has 1 unspecified atom stereocenters. The molecule has 0 saturated carbocycles. The molecule has 1 atom stereocenters. The Kier molecular flexibility index (Phi) is 7.19. The average Bonchev–Trinajstić information content (AvgIpc) is 3.32. The lowest BCUT2D eigenvalue weighted by Gasteiger charge is -2.36. The number of carbonyl (C=O) groups excluding carboxylic acids is 1. The highest BCUT2D eigenvalue weighted by molar-refractivity contribution is 5.97. The summed E-state index contributed by atoms with van der Waals surface area (Å²) >= 11 is 0. The van der Waals surface area contributed by atoms with Gasteiger partial charge in [0.05, 0.1) is 11.8 Å². The summed E-state index contributed by atoms with van der Waals surface area (Å²) in [6, 6.07) is 14.1. The maximum absolute atomic E-state index is 12.7. The minimum Gasteiger partial charge on any atom is -0.392 e. The Balaban J connectivity index is 1.43. The molecule has 0 bridgehead atoms. The van der Waals surface area contributed by atoms with Crippen molar-refractivity contribution in [2.24, 2.45) is 0 Å². The van der Waals surface area contributed by atoms with Crippen molar-refractivity contribution in [2.75, 3.05) is 51.7 Å². The third kappa shape index (κ3) is 5.14. The fourth-order valence-corrected chi connectivity index (χ4v) is 5.43. The summed E-state index contributed by atoms with van der Waals surface area (Å²) in [7, 11) is 3.88. The van der Waals surface area contributed by atoms with Crippen LogP contribution in [0.3, 0.4) is 0 Å². The van der Waals surface area contributed by atoms with Crippen LogP contribution < -0.4 is 4.90 Å². The molecule has 3 heterocycles. The molecule has 8 nitrogen and oxygen atoms in total. The monoisotopic (exact) mass is 512 g/mol. The molecular weight excluding hydrogens is 476 g/mol. The van der Waals surface area contributed by atoms with Crippen molar-refractivity contribution in [3.8, 4) is 22.4 Å². The van der Waals surface area contributed by atoms with E-state index in [1.54, 1.807) is 14.0 Å². The van der Waals surface area contributed by atoms with Crippen molar-refractivity contribution >= 4 is 22.6 Å². The van der Waals surface area contributed by atoms with E-state index in [2.05, 4.69) is 64.1 Å². The second-order valence-electron chi connectivity index (χ2n) is 10.6. The number of nitrogens with zero attached hydrogens (tertiary/aromatic N) is 5. The van der Waals surface area contributed by atoms with Crippen LogP contribution in [0.5, 0.6) is 0 Å². The number of likely N-dealkylation sites (N-methyl/N-ethyl adjacent to an activating group) is 2. The number of hydrogen-bond donors (Lipinski definition) is 2. The first-order chi connectivity index (χ1) is 18.2. The largest absolute Gasteiger partial charge is 0.392 e. The summed E-state index contributed by atoms with van der Waals surface area (Å²) in [5, 5.41) is 19.6. The van der Waals surface area contributed by atoms with Crippen LogP contribution in [0.1, 0.15) is 28.4 Å². The molecule has 1 fully saturated rings. The van der Waals surface area contributed by atoms with E-state index in [0.29, 0.717) is 12.1 Å². The van der Waals surface area contributed by atoms with Crippen LogP contribution in [0.25, 0.3) is 33.4 Å². The fourth-order valence-electron chi connectivity index (χ4n) is 5.43. The number of rotatable bonds is 6. The first-order valence-electron chi connectivity index (χ1n) is 13.1. The Morgan fingerprint density at radius 1 is 1.03 bits per heavy atom. The number of aromatic amines is 1. The number of fused-ring (bicyclic) bond motifs is 1. The normalized spacial score (nSPS) is 15.2. The van der Waals surface area contributed by atoms with Gasteiger partial charge in [-0.1, -0.05) is 12.1 Å². The Bertz CT molecular complexity index is 1430. The Labute approximate surface area is 223 Å². The van der Waals surface area contributed by atoms with Crippen molar-refractivity contribution in [3.63, 3.8) is 0 Å². The number of piperazine rings is 1. The summed E-state index contributed by atoms with van der Waals surface area (Å²) in [5.74, 6) is -0.115. The Morgan fingerprint density at radius 3 is 2.32 bits per heavy atom. The number of aliphatic hydroxyl groups is 1. The number of aryl methyl sites for hydroxylation is 2. The van der Waals surface area contributed by atoms with Crippen molar-refractivity contribution in [2.45, 2.75) is 26.9 Å². The highest BCUT2D eigenvalue weighted by Gasteiger charge is 2.19. The molecule has 2 aromatic heterocycles. The lowest BCUT2D eigenvalue weighted by atomic mass is 9.99. The van der Waals surface area contributed by atoms with Crippen LogP contribution in [0, 0.1) is 13.8 Å². The van der Waals surface area contributed by atoms with Gasteiger partial charge in [0, 0.05) is 73.7 Å². The lowest BCUT2D eigenvalue weighted by molar-refractivity contribution is 0.0703. The maximum atomic E-state index is 12.7. The van der Waals surface area contributed by atoms with E-state index in [-0.39, 0.29) is 5.91 Å². The molecule has 1 aliphatic rings. The summed E-state index contributed by atoms with van der Waals surface area (Å²) in [5.41, 5.74) is 9.03. The predicted octanol–water partition coefficient (Wildman–Crippen LogP) is 4.11. The van der Waals surface area contributed by atoms with Crippen molar-refractivity contribution in [1.29, 1.82) is 0 Å². The van der Waals surface area contributed by atoms with Gasteiger partial charge in [0.1, 0.15) is 0 Å². The van der Waals surface area contributed by atoms with Crippen molar-refractivity contribution < 1.29 is 9.90 Å². The summed E-state index contributed by atoms with van der Waals surface area (Å²) in [6.45, 7) is 10.6. The molecule has 1 aliphatic heterocycles. The van der Waals surface area contributed by atoms with Crippen molar-refractivity contribution in [1.82, 2.24) is 25.0 Å². The molecule has 4 aromatic rings. The topological polar surface area (TPSA) is 88.6 Å². The Hall–Kier alpha value is -3.75. The molecular formula is C30H36N6O2. The quantitative estimate of drug-likeness (QED) is 0.404. The van der Waals surface area contributed by atoms with E-state index < -0.39 is 6.10 Å².